The number of ether oxygens (including phenoxy) is 4. The first-order chi connectivity index (χ1) is 14.8. The predicted molar refractivity (Wildman–Crippen MR) is 125 cm³/mol. The van der Waals surface area contributed by atoms with E-state index in [0.29, 0.717) is 52.2 Å². The van der Waals surface area contributed by atoms with Crippen LogP contribution < -0.4 is 0 Å². The standard InChI is InChI=1S/C26H46O4/c1-4-5-6-7-8-9-10-11-12-24(2)26-15-13-25(14-16-26)23-30-22-21-29-20-19-28-18-17-27-3/h13-16,24H,4-12,17-23H2,1-3H3. The summed E-state index contributed by atoms with van der Waals surface area (Å²) in [5.41, 5.74) is 2.67. The molecule has 0 heterocycles. The lowest BCUT2D eigenvalue weighted by molar-refractivity contribution is 0.000867. The maximum atomic E-state index is 5.71. The highest BCUT2D eigenvalue weighted by Gasteiger charge is 2.05. The average molecular weight is 423 g/mol. The monoisotopic (exact) mass is 422 g/mol. The van der Waals surface area contributed by atoms with E-state index in [-0.39, 0.29) is 0 Å². The van der Waals surface area contributed by atoms with Crippen molar-refractivity contribution in [2.24, 2.45) is 0 Å². The second kappa shape index (κ2) is 20.0. The Morgan fingerprint density at radius 3 is 1.80 bits per heavy atom. The third kappa shape index (κ3) is 15.0. The van der Waals surface area contributed by atoms with Gasteiger partial charge in [0.15, 0.2) is 0 Å². The Morgan fingerprint density at radius 1 is 0.667 bits per heavy atom. The molecule has 1 aromatic rings. The van der Waals surface area contributed by atoms with Crippen LogP contribution in [0.25, 0.3) is 0 Å². The molecule has 174 valence electrons. The van der Waals surface area contributed by atoms with Gasteiger partial charge in [0.1, 0.15) is 0 Å². The van der Waals surface area contributed by atoms with Crippen LogP contribution in [-0.2, 0) is 25.6 Å². The van der Waals surface area contributed by atoms with E-state index in [1.165, 1.54) is 68.9 Å². The van der Waals surface area contributed by atoms with Crippen molar-refractivity contribution in [3.8, 4) is 0 Å². The van der Waals surface area contributed by atoms with E-state index < -0.39 is 0 Å². The van der Waals surface area contributed by atoms with Gasteiger partial charge < -0.3 is 18.9 Å². The Bertz CT molecular complexity index is 474. The van der Waals surface area contributed by atoms with Crippen molar-refractivity contribution in [1.29, 1.82) is 0 Å². The van der Waals surface area contributed by atoms with Crippen molar-refractivity contribution in [3.63, 3.8) is 0 Å². The van der Waals surface area contributed by atoms with Gasteiger partial charge in [0, 0.05) is 7.11 Å². The lowest BCUT2D eigenvalue weighted by atomic mass is 9.94. The normalized spacial score (nSPS) is 12.4. The van der Waals surface area contributed by atoms with Gasteiger partial charge in [-0.1, -0.05) is 89.5 Å². The van der Waals surface area contributed by atoms with Crippen molar-refractivity contribution >= 4 is 0 Å². The third-order valence-electron chi connectivity index (χ3n) is 5.48. The van der Waals surface area contributed by atoms with Crippen molar-refractivity contribution in [1.82, 2.24) is 0 Å². The molecule has 0 saturated heterocycles. The van der Waals surface area contributed by atoms with E-state index in [9.17, 15) is 0 Å². The zero-order chi connectivity index (χ0) is 21.7. The van der Waals surface area contributed by atoms with Gasteiger partial charge in [-0.2, -0.15) is 0 Å². The molecule has 1 rings (SSSR count). The largest absolute Gasteiger partial charge is 0.382 e. The molecule has 0 aliphatic rings. The molecule has 30 heavy (non-hydrogen) atoms. The molecule has 0 amide bonds. The molecule has 1 unspecified atom stereocenters. The Balaban J connectivity index is 2.02. The van der Waals surface area contributed by atoms with Crippen LogP contribution in [-0.4, -0.2) is 46.8 Å². The number of methoxy groups -OCH3 is 1. The number of benzene rings is 1. The van der Waals surface area contributed by atoms with Crippen molar-refractivity contribution in [3.05, 3.63) is 35.4 Å². The van der Waals surface area contributed by atoms with Crippen LogP contribution in [0.15, 0.2) is 24.3 Å². The first-order valence-corrected chi connectivity index (χ1v) is 12.1. The van der Waals surface area contributed by atoms with Crippen LogP contribution in [0.3, 0.4) is 0 Å². The lowest BCUT2D eigenvalue weighted by Crippen LogP contribution is -2.11. The molecular weight excluding hydrogens is 376 g/mol. The molecule has 1 aromatic carbocycles. The van der Waals surface area contributed by atoms with E-state index in [1.807, 2.05) is 0 Å². The molecule has 0 N–H and O–H groups in total. The molecule has 0 saturated carbocycles. The van der Waals surface area contributed by atoms with E-state index >= 15 is 0 Å². The summed E-state index contributed by atoms with van der Waals surface area (Å²) in [6, 6.07) is 8.93. The number of hydrogen-bond donors (Lipinski definition) is 0. The van der Waals surface area contributed by atoms with Crippen LogP contribution in [0, 0.1) is 0 Å². The first kappa shape index (κ1) is 27.1. The topological polar surface area (TPSA) is 36.9 Å². The second-order valence-corrected chi connectivity index (χ2v) is 8.18. The molecular formula is C26H46O4. The zero-order valence-corrected chi connectivity index (χ0v) is 19.8. The molecule has 0 fully saturated rings. The quantitative estimate of drug-likeness (QED) is 0.211. The van der Waals surface area contributed by atoms with Gasteiger partial charge in [-0.3, -0.25) is 0 Å². The maximum Gasteiger partial charge on any atom is 0.0718 e. The van der Waals surface area contributed by atoms with Crippen molar-refractivity contribution in [2.45, 2.75) is 84.2 Å². The van der Waals surface area contributed by atoms with Gasteiger partial charge in [0.05, 0.1) is 46.2 Å². The summed E-state index contributed by atoms with van der Waals surface area (Å²) in [4.78, 5) is 0. The Labute approximate surface area is 185 Å². The van der Waals surface area contributed by atoms with Gasteiger partial charge in [-0.05, 0) is 23.5 Å². The van der Waals surface area contributed by atoms with Crippen LogP contribution in [0.1, 0.15) is 88.7 Å². The maximum absolute atomic E-state index is 5.71. The molecule has 4 nitrogen and oxygen atoms in total. The summed E-state index contributed by atoms with van der Waals surface area (Å²) in [6.07, 6.45) is 12.4. The predicted octanol–water partition coefficient (Wildman–Crippen LogP) is 6.52. The molecule has 0 aliphatic heterocycles. The second-order valence-electron chi connectivity index (χ2n) is 8.18. The summed E-state index contributed by atoms with van der Waals surface area (Å²) in [6.45, 7) is 8.91. The van der Waals surface area contributed by atoms with Crippen molar-refractivity contribution in [2.75, 3.05) is 46.8 Å². The minimum atomic E-state index is 0.596. The van der Waals surface area contributed by atoms with Crippen LogP contribution >= 0.6 is 0 Å². The van der Waals surface area contributed by atoms with Crippen molar-refractivity contribution < 1.29 is 18.9 Å². The summed E-state index contributed by atoms with van der Waals surface area (Å²) in [5.74, 6) is 0.638. The number of hydrogen-bond acceptors (Lipinski definition) is 4. The van der Waals surface area contributed by atoms with E-state index in [4.69, 9.17) is 18.9 Å². The first-order valence-electron chi connectivity index (χ1n) is 12.1. The SMILES string of the molecule is CCCCCCCCCCC(C)c1ccc(COCCOCCOCCOC)cc1. The van der Waals surface area contributed by atoms with Crippen LogP contribution in [0.5, 0.6) is 0 Å². The van der Waals surface area contributed by atoms with Gasteiger partial charge in [0.25, 0.3) is 0 Å². The Hall–Kier alpha value is -0.940. The Morgan fingerprint density at radius 2 is 1.20 bits per heavy atom. The summed E-state index contributed by atoms with van der Waals surface area (Å²) >= 11 is 0. The third-order valence-corrected chi connectivity index (χ3v) is 5.48. The summed E-state index contributed by atoms with van der Waals surface area (Å²) < 4.78 is 21.5. The summed E-state index contributed by atoms with van der Waals surface area (Å²) in [5, 5.41) is 0. The van der Waals surface area contributed by atoms with Gasteiger partial charge in [0.2, 0.25) is 0 Å². The van der Waals surface area contributed by atoms with Gasteiger partial charge in [-0.15, -0.1) is 0 Å². The van der Waals surface area contributed by atoms with E-state index in [2.05, 4.69) is 38.1 Å². The molecule has 0 radical (unpaired) electrons. The molecule has 0 aromatic heterocycles. The van der Waals surface area contributed by atoms with Crippen LogP contribution in [0.2, 0.25) is 0 Å². The van der Waals surface area contributed by atoms with Gasteiger partial charge in [-0.25, -0.2) is 0 Å². The number of rotatable bonds is 21. The molecule has 0 spiro atoms. The fraction of sp³-hybridized carbons (Fsp3) is 0.769. The number of unbranched alkanes of at least 4 members (excludes halogenated alkanes) is 7. The molecule has 1 atom stereocenters. The molecule has 0 aliphatic carbocycles. The minimum absolute atomic E-state index is 0.596. The smallest absolute Gasteiger partial charge is 0.0718 e. The minimum Gasteiger partial charge on any atom is -0.382 e. The van der Waals surface area contributed by atoms with Gasteiger partial charge >= 0.3 is 0 Å². The highest BCUT2D eigenvalue weighted by atomic mass is 16.6. The van der Waals surface area contributed by atoms with E-state index in [0.717, 1.165) is 0 Å². The van der Waals surface area contributed by atoms with Crippen LogP contribution in [0.4, 0.5) is 0 Å². The summed E-state index contributed by atoms with van der Waals surface area (Å²) in [7, 11) is 1.67. The fourth-order valence-corrected chi connectivity index (χ4v) is 3.47. The highest BCUT2D eigenvalue weighted by Crippen LogP contribution is 2.23. The molecule has 0 bridgehead atoms. The lowest BCUT2D eigenvalue weighted by Gasteiger charge is -2.13. The highest BCUT2D eigenvalue weighted by molar-refractivity contribution is 5.24. The van der Waals surface area contributed by atoms with E-state index in [1.54, 1.807) is 7.11 Å². The fourth-order valence-electron chi connectivity index (χ4n) is 3.47. The Kier molecular flexibility index (Phi) is 18.1. The molecule has 4 heteroatoms. The average Bonchev–Trinajstić information content (AvgIpc) is 2.77. The zero-order valence-electron chi connectivity index (χ0n) is 19.8.